The Morgan fingerprint density at radius 2 is 1.65 bits per heavy atom. The summed E-state index contributed by atoms with van der Waals surface area (Å²) in [5.41, 5.74) is 1.22. The van der Waals surface area contributed by atoms with Crippen molar-refractivity contribution in [2.75, 3.05) is 11.9 Å². The van der Waals surface area contributed by atoms with E-state index in [2.05, 4.69) is 0 Å². The van der Waals surface area contributed by atoms with Crippen LogP contribution in [0.4, 0.5) is 5.69 Å². The molecule has 0 saturated carbocycles. The third-order valence-corrected chi connectivity index (χ3v) is 4.83. The number of ether oxygens (including phenoxy) is 1. The van der Waals surface area contributed by atoms with Gasteiger partial charge in [-0.25, -0.2) is 0 Å². The highest BCUT2D eigenvalue weighted by Crippen LogP contribution is 2.29. The number of rotatable bonds is 7. The van der Waals surface area contributed by atoms with Gasteiger partial charge in [-0.1, -0.05) is 12.1 Å². The SMILES string of the molecule is CC(C)Oc1ccc(N(C)C(=O)c2ccccc2SC(C)C(=O)O)cc1. The van der Waals surface area contributed by atoms with Crippen molar-refractivity contribution >= 4 is 29.3 Å². The number of anilines is 1. The Kier molecular flexibility index (Phi) is 6.69. The van der Waals surface area contributed by atoms with E-state index in [-0.39, 0.29) is 12.0 Å². The number of carbonyl (C=O) groups excluding carboxylic acids is 1. The van der Waals surface area contributed by atoms with Crippen molar-refractivity contribution in [2.24, 2.45) is 0 Å². The number of carboxylic acids is 1. The predicted octanol–water partition coefficient (Wildman–Crippen LogP) is 4.32. The van der Waals surface area contributed by atoms with E-state index in [1.54, 1.807) is 43.1 Å². The molecule has 0 radical (unpaired) electrons. The molecule has 0 bridgehead atoms. The van der Waals surface area contributed by atoms with Gasteiger partial charge in [-0.05, 0) is 57.2 Å². The summed E-state index contributed by atoms with van der Waals surface area (Å²) < 4.78 is 5.62. The Hall–Kier alpha value is -2.47. The third kappa shape index (κ3) is 5.02. The minimum atomic E-state index is -0.911. The lowest BCUT2D eigenvalue weighted by Crippen LogP contribution is -2.27. The molecule has 0 spiro atoms. The van der Waals surface area contributed by atoms with Crippen molar-refractivity contribution < 1.29 is 19.4 Å². The molecule has 0 heterocycles. The summed E-state index contributed by atoms with van der Waals surface area (Å²) in [4.78, 5) is 26.2. The number of benzene rings is 2. The second-order valence-electron chi connectivity index (χ2n) is 6.12. The van der Waals surface area contributed by atoms with E-state index in [0.29, 0.717) is 10.5 Å². The van der Waals surface area contributed by atoms with Gasteiger partial charge in [-0.2, -0.15) is 0 Å². The first-order valence-electron chi connectivity index (χ1n) is 8.33. The molecule has 1 amide bonds. The average Bonchev–Trinajstić information content (AvgIpc) is 2.61. The third-order valence-electron chi connectivity index (χ3n) is 3.67. The van der Waals surface area contributed by atoms with Crippen molar-refractivity contribution in [3.63, 3.8) is 0 Å². The molecule has 0 fully saturated rings. The lowest BCUT2D eigenvalue weighted by atomic mass is 10.2. The van der Waals surface area contributed by atoms with Crippen molar-refractivity contribution in [1.29, 1.82) is 0 Å². The Morgan fingerprint density at radius 1 is 1.04 bits per heavy atom. The normalized spacial score (nSPS) is 11.9. The van der Waals surface area contributed by atoms with Crippen LogP contribution in [0.25, 0.3) is 0 Å². The van der Waals surface area contributed by atoms with E-state index in [1.165, 1.54) is 0 Å². The largest absolute Gasteiger partial charge is 0.491 e. The maximum Gasteiger partial charge on any atom is 0.316 e. The van der Waals surface area contributed by atoms with Crippen LogP contribution in [0.2, 0.25) is 0 Å². The highest BCUT2D eigenvalue weighted by molar-refractivity contribution is 8.00. The van der Waals surface area contributed by atoms with Gasteiger partial charge in [0.05, 0.1) is 11.7 Å². The van der Waals surface area contributed by atoms with Crippen LogP contribution in [0.1, 0.15) is 31.1 Å². The topological polar surface area (TPSA) is 66.8 Å². The fraction of sp³-hybridized carbons (Fsp3) is 0.300. The standard InChI is InChI=1S/C20H23NO4S/c1-13(2)25-16-11-9-15(10-12-16)21(4)19(22)17-7-5-6-8-18(17)26-14(3)20(23)24/h5-14H,1-4H3,(H,23,24). The fourth-order valence-corrected chi connectivity index (χ4v) is 3.23. The van der Waals surface area contributed by atoms with E-state index >= 15 is 0 Å². The van der Waals surface area contributed by atoms with Crippen molar-refractivity contribution in [3.8, 4) is 5.75 Å². The van der Waals surface area contributed by atoms with Crippen molar-refractivity contribution in [1.82, 2.24) is 0 Å². The van der Waals surface area contributed by atoms with Crippen LogP contribution in [0.3, 0.4) is 0 Å². The summed E-state index contributed by atoms with van der Waals surface area (Å²) in [5.74, 6) is -0.356. The van der Waals surface area contributed by atoms with Gasteiger partial charge in [0.1, 0.15) is 11.0 Å². The Labute approximate surface area is 158 Å². The zero-order chi connectivity index (χ0) is 19.3. The molecule has 1 N–H and O–H groups in total. The molecule has 138 valence electrons. The molecule has 5 nitrogen and oxygen atoms in total. The number of carbonyl (C=O) groups is 2. The van der Waals surface area contributed by atoms with Crippen LogP contribution >= 0.6 is 11.8 Å². The van der Waals surface area contributed by atoms with Crippen molar-refractivity contribution in [2.45, 2.75) is 37.0 Å². The summed E-state index contributed by atoms with van der Waals surface area (Å²) in [6.45, 7) is 5.51. The summed E-state index contributed by atoms with van der Waals surface area (Å²) in [7, 11) is 1.70. The maximum atomic E-state index is 12.9. The summed E-state index contributed by atoms with van der Waals surface area (Å²) in [5, 5.41) is 8.48. The van der Waals surface area contributed by atoms with Gasteiger partial charge in [0, 0.05) is 17.6 Å². The first kappa shape index (κ1) is 19.8. The molecule has 0 aliphatic heterocycles. The second kappa shape index (κ2) is 8.76. The Bertz CT molecular complexity index is 774. The number of nitrogens with zero attached hydrogens (tertiary/aromatic N) is 1. The van der Waals surface area contributed by atoms with Gasteiger partial charge in [0.15, 0.2) is 0 Å². The van der Waals surface area contributed by atoms with Gasteiger partial charge in [0.25, 0.3) is 5.91 Å². The summed E-state index contributed by atoms with van der Waals surface area (Å²) in [6, 6.07) is 14.4. The molecule has 2 aromatic carbocycles. The number of hydrogen-bond acceptors (Lipinski definition) is 4. The molecular weight excluding hydrogens is 350 g/mol. The van der Waals surface area contributed by atoms with Crippen LogP contribution in [0, 0.1) is 0 Å². The molecule has 0 aromatic heterocycles. The van der Waals surface area contributed by atoms with Gasteiger partial charge >= 0.3 is 5.97 Å². The van der Waals surface area contributed by atoms with Crippen molar-refractivity contribution in [3.05, 3.63) is 54.1 Å². The first-order chi connectivity index (χ1) is 12.3. The van der Waals surface area contributed by atoms with E-state index in [0.717, 1.165) is 23.2 Å². The molecule has 26 heavy (non-hydrogen) atoms. The Balaban J connectivity index is 2.21. The van der Waals surface area contributed by atoms with Crippen LogP contribution in [0.15, 0.2) is 53.4 Å². The molecule has 0 aliphatic carbocycles. The number of carboxylic acid groups (broad SMARTS) is 1. The number of aliphatic carboxylic acids is 1. The smallest absolute Gasteiger partial charge is 0.316 e. The average molecular weight is 373 g/mol. The van der Waals surface area contributed by atoms with Crippen LogP contribution in [0.5, 0.6) is 5.75 Å². The minimum Gasteiger partial charge on any atom is -0.491 e. The number of hydrogen-bond donors (Lipinski definition) is 1. The van der Waals surface area contributed by atoms with E-state index in [1.807, 2.05) is 38.1 Å². The molecule has 2 rings (SSSR count). The van der Waals surface area contributed by atoms with Gasteiger partial charge in [-0.3, -0.25) is 9.59 Å². The number of amides is 1. The Morgan fingerprint density at radius 3 is 2.23 bits per heavy atom. The maximum absolute atomic E-state index is 12.9. The molecule has 1 unspecified atom stereocenters. The molecular formula is C20H23NO4S. The summed E-state index contributed by atoms with van der Waals surface area (Å²) >= 11 is 1.16. The van der Waals surface area contributed by atoms with E-state index in [4.69, 9.17) is 9.84 Å². The monoisotopic (exact) mass is 373 g/mol. The molecule has 0 saturated heterocycles. The van der Waals surface area contributed by atoms with E-state index in [9.17, 15) is 9.59 Å². The highest BCUT2D eigenvalue weighted by Gasteiger charge is 2.20. The first-order valence-corrected chi connectivity index (χ1v) is 9.21. The predicted molar refractivity (Wildman–Crippen MR) is 104 cm³/mol. The minimum absolute atomic E-state index is 0.0836. The molecule has 1 atom stereocenters. The second-order valence-corrected chi connectivity index (χ2v) is 7.50. The quantitative estimate of drug-likeness (QED) is 0.732. The zero-order valence-electron chi connectivity index (χ0n) is 15.3. The van der Waals surface area contributed by atoms with Crippen LogP contribution in [-0.4, -0.2) is 35.4 Å². The van der Waals surface area contributed by atoms with Gasteiger partial charge in [0.2, 0.25) is 0 Å². The van der Waals surface area contributed by atoms with Gasteiger partial charge < -0.3 is 14.7 Å². The zero-order valence-corrected chi connectivity index (χ0v) is 16.1. The molecule has 6 heteroatoms. The van der Waals surface area contributed by atoms with Gasteiger partial charge in [-0.15, -0.1) is 11.8 Å². The number of thioether (sulfide) groups is 1. The lowest BCUT2D eigenvalue weighted by molar-refractivity contribution is -0.136. The van der Waals surface area contributed by atoms with Crippen LogP contribution in [-0.2, 0) is 4.79 Å². The molecule has 0 aliphatic rings. The fourth-order valence-electron chi connectivity index (χ4n) is 2.31. The molecule has 2 aromatic rings. The lowest BCUT2D eigenvalue weighted by Gasteiger charge is -2.20. The van der Waals surface area contributed by atoms with Crippen LogP contribution < -0.4 is 9.64 Å². The summed E-state index contributed by atoms with van der Waals surface area (Å²) in [6.07, 6.45) is 0.0836. The van der Waals surface area contributed by atoms with E-state index < -0.39 is 11.2 Å². The highest BCUT2D eigenvalue weighted by atomic mass is 32.2.